The summed E-state index contributed by atoms with van der Waals surface area (Å²) in [6.45, 7) is 8.07. The Kier molecular flexibility index (Phi) is 6.56. The van der Waals surface area contributed by atoms with Crippen molar-refractivity contribution in [3.8, 4) is 0 Å². The molecule has 2 aromatic rings. The van der Waals surface area contributed by atoms with Gasteiger partial charge in [-0.05, 0) is 43.5 Å². The van der Waals surface area contributed by atoms with Gasteiger partial charge in [0.25, 0.3) is 0 Å². The molecular formula is C20H26N2O3S. The molecule has 6 heteroatoms. The van der Waals surface area contributed by atoms with Crippen molar-refractivity contribution in [1.29, 1.82) is 0 Å². The number of sulfonamides is 1. The zero-order chi connectivity index (χ0) is 19.3. The highest BCUT2D eigenvalue weighted by Crippen LogP contribution is 2.16. The van der Waals surface area contributed by atoms with E-state index in [-0.39, 0.29) is 17.3 Å². The minimum Gasteiger partial charge on any atom is -0.337 e. The summed E-state index contributed by atoms with van der Waals surface area (Å²) in [6.07, 6.45) is 0. The molecule has 0 aromatic heterocycles. The van der Waals surface area contributed by atoms with E-state index in [1.54, 1.807) is 24.0 Å². The Hall–Kier alpha value is -2.18. The quantitative estimate of drug-likeness (QED) is 0.810. The molecule has 0 atom stereocenters. The number of carbonyl (C=O) groups is 1. The molecule has 0 aliphatic carbocycles. The van der Waals surface area contributed by atoms with Gasteiger partial charge in [0.2, 0.25) is 15.9 Å². The second-order valence-electron chi connectivity index (χ2n) is 6.59. The minimum absolute atomic E-state index is 0.0866. The molecule has 0 radical (unpaired) electrons. The van der Waals surface area contributed by atoms with Gasteiger partial charge in [0, 0.05) is 26.6 Å². The van der Waals surface area contributed by atoms with Crippen molar-refractivity contribution in [2.75, 3.05) is 13.1 Å². The van der Waals surface area contributed by atoms with Gasteiger partial charge in [0.05, 0.1) is 4.90 Å². The van der Waals surface area contributed by atoms with Crippen LogP contribution in [0.4, 0.5) is 0 Å². The maximum Gasteiger partial charge on any atom is 0.240 e. The van der Waals surface area contributed by atoms with Crippen LogP contribution in [0.2, 0.25) is 0 Å². The third-order valence-corrected chi connectivity index (χ3v) is 5.85. The second-order valence-corrected chi connectivity index (χ2v) is 8.33. The normalized spacial score (nSPS) is 11.4. The van der Waals surface area contributed by atoms with Crippen LogP contribution in [0.1, 0.15) is 29.2 Å². The number of carbonyl (C=O) groups excluding carboxylic acids is 1. The molecule has 1 N–H and O–H groups in total. The van der Waals surface area contributed by atoms with Crippen molar-refractivity contribution in [1.82, 2.24) is 9.62 Å². The Labute approximate surface area is 156 Å². The van der Waals surface area contributed by atoms with Gasteiger partial charge in [0.15, 0.2) is 0 Å². The molecular weight excluding hydrogens is 348 g/mol. The fourth-order valence-corrected chi connectivity index (χ4v) is 4.00. The van der Waals surface area contributed by atoms with Crippen LogP contribution in [-0.2, 0) is 21.4 Å². The van der Waals surface area contributed by atoms with Gasteiger partial charge >= 0.3 is 0 Å². The van der Waals surface area contributed by atoms with E-state index in [4.69, 9.17) is 0 Å². The maximum atomic E-state index is 12.5. The average Bonchev–Trinajstić information content (AvgIpc) is 2.57. The van der Waals surface area contributed by atoms with Crippen LogP contribution in [0.5, 0.6) is 0 Å². The van der Waals surface area contributed by atoms with E-state index in [9.17, 15) is 13.2 Å². The van der Waals surface area contributed by atoms with Crippen LogP contribution in [0.15, 0.2) is 47.4 Å². The van der Waals surface area contributed by atoms with E-state index >= 15 is 0 Å². The summed E-state index contributed by atoms with van der Waals surface area (Å²) in [5.74, 6) is -0.0866. The van der Waals surface area contributed by atoms with Crippen molar-refractivity contribution >= 4 is 15.9 Å². The molecule has 2 aromatic carbocycles. The zero-order valence-electron chi connectivity index (χ0n) is 15.7. The summed E-state index contributed by atoms with van der Waals surface area (Å²) in [5, 5.41) is 0. The summed E-state index contributed by atoms with van der Waals surface area (Å²) in [6, 6.07) is 13.3. The predicted octanol–water partition coefficient (Wildman–Crippen LogP) is 2.94. The predicted molar refractivity (Wildman–Crippen MR) is 103 cm³/mol. The van der Waals surface area contributed by atoms with Crippen molar-refractivity contribution in [2.45, 2.75) is 39.1 Å². The van der Waals surface area contributed by atoms with Gasteiger partial charge in [-0.3, -0.25) is 4.79 Å². The number of rotatable bonds is 7. The summed E-state index contributed by atoms with van der Waals surface area (Å²) in [5.41, 5.74) is 3.76. The van der Waals surface area contributed by atoms with Crippen LogP contribution < -0.4 is 4.72 Å². The van der Waals surface area contributed by atoms with Gasteiger partial charge in [-0.1, -0.05) is 42.0 Å². The van der Waals surface area contributed by atoms with Crippen molar-refractivity contribution in [2.24, 2.45) is 0 Å². The summed E-state index contributed by atoms with van der Waals surface area (Å²) >= 11 is 0. The molecule has 5 nitrogen and oxygen atoms in total. The summed E-state index contributed by atoms with van der Waals surface area (Å²) in [4.78, 5) is 13.8. The average molecular weight is 375 g/mol. The van der Waals surface area contributed by atoms with Crippen molar-refractivity contribution in [3.63, 3.8) is 0 Å². The lowest BCUT2D eigenvalue weighted by Crippen LogP contribution is -2.37. The summed E-state index contributed by atoms with van der Waals surface area (Å²) in [7, 11) is -3.60. The number of hydrogen-bond acceptors (Lipinski definition) is 3. The molecule has 1 amide bonds. The molecule has 0 bridgehead atoms. The van der Waals surface area contributed by atoms with E-state index in [1.165, 1.54) is 6.92 Å². The molecule has 0 fully saturated rings. The Morgan fingerprint density at radius 2 is 1.62 bits per heavy atom. The Morgan fingerprint density at radius 1 is 1.00 bits per heavy atom. The molecule has 0 aliphatic heterocycles. The van der Waals surface area contributed by atoms with Gasteiger partial charge in [-0.15, -0.1) is 0 Å². The van der Waals surface area contributed by atoms with E-state index < -0.39 is 10.0 Å². The van der Waals surface area contributed by atoms with Crippen molar-refractivity contribution in [3.05, 3.63) is 64.7 Å². The maximum absolute atomic E-state index is 12.5. The topological polar surface area (TPSA) is 66.5 Å². The molecule has 0 unspecified atom stereocenters. The number of hydrogen-bond donors (Lipinski definition) is 1. The first kappa shape index (κ1) is 20.1. The van der Waals surface area contributed by atoms with E-state index in [1.807, 2.05) is 44.2 Å². The SMILES string of the molecule is CC(=O)N(CCNS(=O)(=O)c1cc(C)ccc1C)Cc1ccc(C)cc1. The van der Waals surface area contributed by atoms with Gasteiger partial charge < -0.3 is 4.90 Å². The van der Waals surface area contributed by atoms with Crippen LogP contribution >= 0.6 is 0 Å². The largest absolute Gasteiger partial charge is 0.337 e. The molecule has 0 heterocycles. The first-order valence-corrected chi connectivity index (χ1v) is 10.1. The molecule has 140 valence electrons. The van der Waals surface area contributed by atoms with E-state index in [0.29, 0.717) is 18.7 Å². The molecule has 0 aliphatic rings. The molecule has 0 spiro atoms. The monoisotopic (exact) mass is 374 g/mol. The third kappa shape index (κ3) is 5.41. The number of aryl methyl sites for hydroxylation is 3. The van der Waals surface area contributed by atoms with Crippen LogP contribution in [-0.4, -0.2) is 32.3 Å². The van der Waals surface area contributed by atoms with E-state index in [2.05, 4.69) is 4.72 Å². The third-order valence-electron chi connectivity index (χ3n) is 4.25. The van der Waals surface area contributed by atoms with Gasteiger partial charge in [-0.2, -0.15) is 0 Å². The van der Waals surface area contributed by atoms with Gasteiger partial charge in [-0.25, -0.2) is 13.1 Å². The van der Waals surface area contributed by atoms with Crippen LogP contribution in [0.3, 0.4) is 0 Å². The second kappa shape index (κ2) is 8.47. The smallest absolute Gasteiger partial charge is 0.240 e. The number of nitrogens with zero attached hydrogens (tertiary/aromatic N) is 1. The Morgan fingerprint density at radius 3 is 2.23 bits per heavy atom. The number of nitrogens with one attached hydrogen (secondary N) is 1. The van der Waals surface area contributed by atoms with Crippen LogP contribution in [0, 0.1) is 20.8 Å². The minimum atomic E-state index is -3.60. The van der Waals surface area contributed by atoms with Crippen LogP contribution in [0.25, 0.3) is 0 Å². The van der Waals surface area contributed by atoms with Gasteiger partial charge in [0.1, 0.15) is 0 Å². The highest BCUT2D eigenvalue weighted by atomic mass is 32.2. The standard InChI is InChI=1S/C20H26N2O3S/c1-15-6-9-19(10-7-15)14-22(18(4)23)12-11-21-26(24,25)20-13-16(2)5-8-17(20)3/h5-10,13,21H,11-12,14H2,1-4H3. The zero-order valence-corrected chi connectivity index (χ0v) is 16.6. The van der Waals surface area contributed by atoms with E-state index in [0.717, 1.165) is 16.7 Å². The lowest BCUT2D eigenvalue weighted by Gasteiger charge is -2.21. The first-order valence-electron chi connectivity index (χ1n) is 8.57. The lowest BCUT2D eigenvalue weighted by molar-refractivity contribution is -0.129. The summed E-state index contributed by atoms with van der Waals surface area (Å²) < 4.78 is 27.7. The molecule has 0 saturated carbocycles. The fraction of sp³-hybridized carbons (Fsp3) is 0.350. The highest BCUT2D eigenvalue weighted by molar-refractivity contribution is 7.89. The fourth-order valence-electron chi connectivity index (χ4n) is 2.65. The number of benzene rings is 2. The molecule has 26 heavy (non-hydrogen) atoms. The Balaban J connectivity index is 2.01. The number of amides is 1. The Bertz CT molecular complexity index is 874. The lowest BCUT2D eigenvalue weighted by atomic mass is 10.1. The molecule has 2 rings (SSSR count). The molecule has 0 saturated heterocycles. The highest BCUT2D eigenvalue weighted by Gasteiger charge is 2.17. The van der Waals surface area contributed by atoms with Crippen molar-refractivity contribution < 1.29 is 13.2 Å². The first-order chi connectivity index (χ1) is 12.2.